The third-order valence-electron chi connectivity index (χ3n) is 2.96. The zero-order valence-electron chi connectivity index (χ0n) is 11.2. The summed E-state index contributed by atoms with van der Waals surface area (Å²) in [7, 11) is 3.38. The fourth-order valence-corrected chi connectivity index (χ4v) is 1.97. The van der Waals surface area contributed by atoms with Crippen molar-refractivity contribution < 1.29 is 9.47 Å². The van der Waals surface area contributed by atoms with Crippen molar-refractivity contribution in [1.29, 1.82) is 0 Å². The Labute approximate surface area is 114 Å². The third-order valence-corrected chi connectivity index (χ3v) is 2.96. The molecule has 2 rings (SSSR count). The summed E-state index contributed by atoms with van der Waals surface area (Å²) in [6.45, 7) is 0. The van der Waals surface area contributed by atoms with Crippen molar-refractivity contribution in [3.05, 3.63) is 77.9 Å². The van der Waals surface area contributed by atoms with E-state index in [1.807, 2.05) is 66.7 Å². The molecule has 2 nitrogen and oxygen atoms in total. The molecule has 0 N–H and O–H groups in total. The maximum Gasteiger partial charge on any atom is 0.125 e. The van der Waals surface area contributed by atoms with Gasteiger partial charge in [-0.15, -0.1) is 0 Å². The minimum Gasteiger partial charge on any atom is -0.496 e. The number of ether oxygens (including phenoxy) is 2. The normalized spacial score (nSPS) is 13.1. The summed E-state index contributed by atoms with van der Waals surface area (Å²) in [6, 6.07) is 20.1. The maximum absolute atomic E-state index is 5.53. The van der Waals surface area contributed by atoms with Gasteiger partial charge in [0.1, 0.15) is 11.9 Å². The van der Waals surface area contributed by atoms with Crippen LogP contribution in [0.4, 0.5) is 0 Å². The van der Waals surface area contributed by atoms with E-state index >= 15 is 0 Å². The Morgan fingerprint density at radius 2 is 1.47 bits per heavy atom. The molecule has 19 heavy (non-hydrogen) atoms. The third kappa shape index (κ3) is 3.46. The van der Waals surface area contributed by atoms with Gasteiger partial charge in [-0.05, 0) is 11.6 Å². The molecule has 0 aliphatic carbocycles. The van der Waals surface area contributed by atoms with Crippen molar-refractivity contribution in [2.24, 2.45) is 0 Å². The van der Waals surface area contributed by atoms with E-state index in [0.29, 0.717) is 0 Å². The molecule has 1 unspecified atom stereocenters. The summed E-state index contributed by atoms with van der Waals surface area (Å²) < 4.78 is 11.0. The number of hydrogen-bond acceptors (Lipinski definition) is 2. The molecule has 0 heterocycles. The highest BCUT2D eigenvalue weighted by Crippen LogP contribution is 2.24. The van der Waals surface area contributed by atoms with Gasteiger partial charge in [-0.25, -0.2) is 0 Å². The van der Waals surface area contributed by atoms with Crippen LogP contribution in [0.1, 0.15) is 17.2 Å². The zero-order chi connectivity index (χ0) is 13.5. The van der Waals surface area contributed by atoms with Gasteiger partial charge in [0.15, 0.2) is 0 Å². The largest absolute Gasteiger partial charge is 0.496 e. The highest BCUT2D eigenvalue weighted by molar-refractivity contribution is 5.60. The van der Waals surface area contributed by atoms with Gasteiger partial charge < -0.3 is 9.47 Å². The van der Waals surface area contributed by atoms with Gasteiger partial charge in [0, 0.05) is 12.7 Å². The van der Waals surface area contributed by atoms with Crippen LogP contribution in [0.25, 0.3) is 5.76 Å². The first-order valence-electron chi connectivity index (χ1n) is 6.24. The molecule has 0 saturated heterocycles. The summed E-state index contributed by atoms with van der Waals surface area (Å²) in [6.07, 6.45) is 1.88. The molecule has 0 aromatic heterocycles. The highest BCUT2D eigenvalue weighted by atomic mass is 16.5. The lowest BCUT2D eigenvalue weighted by Crippen LogP contribution is -2.00. The molecule has 2 aromatic rings. The summed E-state index contributed by atoms with van der Waals surface area (Å²) in [5.74, 6) is 0.816. The molecule has 1 atom stereocenters. The Balaban J connectivity index is 2.31. The van der Waals surface area contributed by atoms with Crippen molar-refractivity contribution in [2.75, 3.05) is 14.2 Å². The second-order valence-corrected chi connectivity index (χ2v) is 4.17. The van der Waals surface area contributed by atoms with E-state index in [-0.39, 0.29) is 6.10 Å². The summed E-state index contributed by atoms with van der Waals surface area (Å²) >= 11 is 0. The van der Waals surface area contributed by atoms with Crippen LogP contribution in [0.15, 0.2) is 66.7 Å². The smallest absolute Gasteiger partial charge is 0.125 e. The van der Waals surface area contributed by atoms with E-state index < -0.39 is 0 Å². The Bertz CT molecular complexity index is 517. The molecular weight excluding hydrogens is 236 g/mol. The molecular formula is C17H18O2. The Morgan fingerprint density at radius 3 is 2.00 bits per heavy atom. The molecule has 0 aliphatic heterocycles. The van der Waals surface area contributed by atoms with Crippen LogP contribution in [-0.2, 0) is 9.47 Å². The quantitative estimate of drug-likeness (QED) is 0.749. The molecule has 2 aromatic carbocycles. The predicted octanol–water partition coefficient (Wildman–Crippen LogP) is 4.06. The van der Waals surface area contributed by atoms with Gasteiger partial charge in [0.25, 0.3) is 0 Å². The summed E-state index contributed by atoms with van der Waals surface area (Å²) in [5, 5.41) is 0. The number of methoxy groups -OCH3 is 2. The Morgan fingerprint density at radius 1 is 0.895 bits per heavy atom. The first-order chi connectivity index (χ1) is 9.35. The van der Waals surface area contributed by atoms with Crippen molar-refractivity contribution in [3.63, 3.8) is 0 Å². The van der Waals surface area contributed by atoms with Gasteiger partial charge in [0.2, 0.25) is 0 Å². The van der Waals surface area contributed by atoms with Gasteiger partial charge in [-0.1, -0.05) is 60.7 Å². The minimum absolute atomic E-state index is 0.114. The van der Waals surface area contributed by atoms with Crippen LogP contribution in [0.2, 0.25) is 0 Å². The first-order valence-corrected chi connectivity index (χ1v) is 6.24. The Kier molecular flexibility index (Phi) is 4.76. The summed E-state index contributed by atoms with van der Waals surface area (Å²) in [5.41, 5.74) is 2.15. The fourth-order valence-electron chi connectivity index (χ4n) is 1.97. The van der Waals surface area contributed by atoms with Crippen molar-refractivity contribution in [2.45, 2.75) is 6.10 Å². The lowest BCUT2D eigenvalue weighted by atomic mass is 10.1. The van der Waals surface area contributed by atoms with Crippen molar-refractivity contribution in [1.82, 2.24) is 0 Å². The zero-order valence-corrected chi connectivity index (χ0v) is 11.2. The number of benzene rings is 2. The summed E-state index contributed by atoms with van der Waals surface area (Å²) in [4.78, 5) is 0. The number of hydrogen-bond donors (Lipinski definition) is 0. The van der Waals surface area contributed by atoms with Crippen LogP contribution in [0, 0.1) is 0 Å². The second kappa shape index (κ2) is 6.76. The average Bonchev–Trinajstić information content (AvgIpc) is 2.50. The number of rotatable bonds is 5. The van der Waals surface area contributed by atoms with Crippen LogP contribution in [-0.4, -0.2) is 14.2 Å². The molecule has 0 amide bonds. The molecule has 98 valence electrons. The first kappa shape index (κ1) is 13.4. The molecule has 0 spiro atoms. The lowest BCUT2D eigenvalue weighted by molar-refractivity contribution is 0.141. The SMILES string of the molecule is COC(=CC(OC)c1ccccc1)c1ccccc1. The molecule has 0 fully saturated rings. The molecule has 0 saturated carbocycles. The lowest BCUT2D eigenvalue weighted by Gasteiger charge is -2.14. The maximum atomic E-state index is 5.53. The van der Waals surface area contributed by atoms with E-state index in [0.717, 1.165) is 16.9 Å². The van der Waals surface area contributed by atoms with E-state index in [1.54, 1.807) is 14.2 Å². The Hall–Kier alpha value is -2.06. The van der Waals surface area contributed by atoms with Crippen molar-refractivity contribution >= 4 is 5.76 Å². The highest BCUT2D eigenvalue weighted by Gasteiger charge is 2.10. The van der Waals surface area contributed by atoms with E-state index in [9.17, 15) is 0 Å². The van der Waals surface area contributed by atoms with Gasteiger partial charge in [-0.2, -0.15) is 0 Å². The second-order valence-electron chi connectivity index (χ2n) is 4.17. The minimum atomic E-state index is -0.114. The van der Waals surface area contributed by atoms with E-state index in [1.165, 1.54) is 0 Å². The van der Waals surface area contributed by atoms with Gasteiger partial charge in [-0.3, -0.25) is 0 Å². The van der Waals surface area contributed by atoms with Gasteiger partial charge >= 0.3 is 0 Å². The molecule has 0 bridgehead atoms. The van der Waals surface area contributed by atoms with Gasteiger partial charge in [0.05, 0.1) is 7.11 Å². The van der Waals surface area contributed by atoms with Crippen molar-refractivity contribution in [3.8, 4) is 0 Å². The topological polar surface area (TPSA) is 18.5 Å². The van der Waals surface area contributed by atoms with E-state index in [4.69, 9.17) is 9.47 Å². The van der Waals surface area contributed by atoms with E-state index in [2.05, 4.69) is 0 Å². The predicted molar refractivity (Wildman–Crippen MR) is 77.6 cm³/mol. The molecule has 0 aliphatic rings. The van der Waals surface area contributed by atoms with Crippen LogP contribution in [0.5, 0.6) is 0 Å². The standard InChI is InChI=1S/C17H18O2/c1-18-16(14-9-5-3-6-10-14)13-17(19-2)15-11-7-4-8-12-15/h3-13,16H,1-2H3. The molecule has 0 radical (unpaired) electrons. The monoisotopic (exact) mass is 254 g/mol. The molecule has 2 heteroatoms. The van der Waals surface area contributed by atoms with Crippen LogP contribution < -0.4 is 0 Å². The fraction of sp³-hybridized carbons (Fsp3) is 0.176. The van der Waals surface area contributed by atoms with Crippen LogP contribution >= 0.6 is 0 Å². The average molecular weight is 254 g/mol. The van der Waals surface area contributed by atoms with Crippen LogP contribution in [0.3, 0.4) is 0 Å².